The summed E-state index contributed by atoms with van der Waals surface area (Å²) in [6.07, 6.45) is 3.78. The molecule has 0 fully saturated rings. The number of carbonyl (C=O) groups excluding carboxylic acids is 2. The maximum atomic E-state index is 13.6. The van der Waals surface area contributed by atoms with E-state index in [1.807, 2.05) is 47.5 Å². The predicted molar refractivity (Wildman–Crippen MR) is 149 cm³/mol. The number of methoxy groups -OCH3 is 1. The molecule has 0 radical (unpaired) electrons. The predicted octanol–water partition coefficient (Wildman–Crippen LogP) is 6.13. The highest BCUT2D eigenvalue weighted by molar-refractivity contribution is 6.31. The van der Waals surface area contributed by atoms with E-state index >= 15 is 0 Å². The summed E-state index contributed by atoms with van der Waals surface area (Å²) in [6.45, 7) is 8.55. The number of carbonyl (C=O) groups is 2. The molecule has 0 unspecified atom stereocenters. The van der Waals surface area contributed by atoms with Crippen LogP contribution in [-0.2, 0) is 17.9 Å². The van der Waals surface area contributed by atoms with Gasteiger partial charge in [0, 0.05) is 42.1 Å². The Kier molecular flexibility index (Phi) is 10.6. The summed E-state index contributed by atoms with van der Waals surface area (Å²) >= 11 is 6.39. The first kappa shape index (κ1) is 28.3. The number of rotatable bonds is 13. The molecule has 0 aliphatic heterocycles. The third-order valence-corrected chi connectivity index (χ3v) is 6.61. The first-order valence-electron chi connectivity index (χ1n) is 12.9. The van der Waals surface area contributed by atoms with Crippen LogP contribution in [0.3, 0.4) is 0 Å². The van der Waals surface area contributed by atoms with Crippen molar-refractivity contribution in [1.29, 1.82) is 0 Å². The van der Waals surface area contributed by atoms with Gasteiger partial charge < -0.3 is 19.1 Å². The number of hydrogen-bond donors (Lipinski definition) is 0. The van der Waals surface area contributed by atoms with Gasteiger partial charge >= 0.3 is 0 Å². The van der Waals surface area contributed by atoms with Crippen LogP contribution in [0.25, 0.3) is 0 Å². The number of hydrogen-bond acceptors (Lipinski definition) is 3. The first-order valence-corrected chi connectivity index (χ1v) is 13.3. The molecule has 0 aliphatic rings. The van der Waals surface area contributed by atoms with E-state index in [2.05, 4.69) is 25.3 Å². The third-order valence-electron chi connectivity index (χ3n) is 6.25. The second kappa shape index (κ2) is 13.9. The number of aromatic nitrogens is 1. The van der Waals surface area contributed by atoms with Gasteiger partial charge in [-0.3, -0.25) is 9.59 Å². The Morgan fingerprint density at radius 2 is 1.73 bits per heavy atom. The minimum absolute atomic E-state index is 0.0444. The number of ether oxygens (including phenoxy) is 1. The average Bonchev–Trinajstić information content (AvgIpc) is 3.33. The molecule has 0 N–H and O–H groups in total. The normalized spacial score (nSPS) is 11.0. The van der Waals surface area contributed by atoms with Crippen molar-refractivity contribution < 1.29 is 14.3 Å². The zero-order valence-corrected chi connectivity index (χ0v) is 23.1. The summed E-state index contributed by atoms with van der Waals surface area (Å²) in [5.41, 5.74) is 2.60. The molecule has 2 amide bonds. The second-order valence-corrected chi connectivity index (χ2v) is 10.1. The topological polar surface area (TPSA) is 54.8 Å². The highest BCUT2D eigenvalue weighted by Gasteiger charge is 2.23. The van der Waals surface area contributed by atoms with Gasteiger partial charge in [-0.15, -0.1) is 0 Å². The van der Waals surface area contributed by atoms with Gasteiger partial charge in [-0.25, -0.2) is 0 Å². The van der Waals surface area contributed by atoms with E-state index in [1.54, 1.807) is 36.3 Å². The number of amides is 2. The number of nitrogens with zero attached hydrogens (tertiary/aromatic N) is 3. The number of unbranched alkanes of at least 4 members (excludes halogenated alkanes) is 1. The molecule has 6 nitrogen and oxygen atoms in total. The molecule has 0 atom stereocenters. The summed E-state index contributed by atoms with van der Waals surface area (Å²) in [7, 11) is 1.59. The minimum Gasteiger partial charge on any atom is -0.497 e. The lowest BCUT2D eigenvalue weighted by Crippen LogP contribution is -2.44. The summed E-state index contributed by atoms with van der Waals surface area (Å²) in [6, 6.07) is 18.9. The van der Waals surface area contributed by atoms with Crippen molar-refractivity contribution in [2.45, 2.75) is 46.7 Å². The Balaban J connectivity index is 1.77. The van der Waals surface area contributed by atoms with Gasteiger partial charge in [0.05, 0.1) is 13.7 Å². The van der Waals surface area contributed by atoms with E-state index in [0.717, 1.165) is 29.1 Å². The lowest BCUT2D eigenvalue weighted by atomic mass is 10.1. The second-order valence-electron chi connectivity index (χ2n) is 9.70. The molecule has 0 saturated carbocycles. The lowest BCUT2D eigenvalue weighted by molar-refractivity contribution is -0.133. The van der Waals surface area contributed by atoms with Crippen LogP contribution in [0.1, 0.15) is 55.2 Å². The summed E-state index contributed by atoms with van der Waals surface area (Å²) in [4.78, 5) is 30.5. The van der Waals surface area contributed by atoms with Crippen LogP contribution in [0.2, 0.25) is 5.02 Å². The van der Waals surface area contributed by atoms with E-state index < -0.39 is 0 Å². The fourth-order valence-corrected chi connectivity index (χ4v) is 4.42. The molecule has 37 heavy (non-hydrogen) atoms. The van der Waals surface area contributed by atoms with Gasteiger partial charge in [-0.05, 0) is 60.4 Å². The average molecular weight is 524 g/mol. The van der Waals surface area contributed by atoms with Gasteiger partial charge in [0.15, 0.2) is 0 Å². The Morgan fingerprint density at radius 3 is 2.38 bits per heavy atom. The molecule has 0 spiro atoms. The largest absolute Gasteiger partial charge is 0.497 e. The molecule has 1 heterocycles. The van der Waals surface area contributed by atoms with Crippen molar-refractivity contribution in [3.8, 4) is 5.75 Å². The Morgan fingerprint density at radius 1 is 1.00 bits per heavy atom. The van der Waals surface area contributed by atoms with Gasteiger partial charge in [0.1, 0.15) is 12.3 Å². The van der Waals surface area contributed by atoms with Crippen molar-refractivity contribution in [3.63, 3.8) is 0 Å². The summed E-state index contributed by atoms with van der Waals surface area (Å²) < 4.78 is 7.34. The minimum atomic E-state index is -0.143. The Bertz CT molecular complexity index is 1160. The van der Waals surface area contributed by atoms with Crippen LogP contribution >= 0.6 is 11.6 Å². The van der Waals surface area contributed by atoms with Crippen LogP contribution in [0.15, 0.2) is 66.9 Å². The standard InChI is InChI=1S/C30H38ClN3O3/c1-5-6-17-33(30(36)24-13-15-27(37-4)16-14-24)22-29(35)34(19-23(2)3)21-26-11-9-18-32(26)20-25-10-7-8-12-28(25)31/h7-16,18,23H,5-6,17,19-22H2,1-4H3. The molecule has 0 saturated heterocycles. The molecule has 1 aromatic heterocycles. The smallest absolute Gasteiger partial charge is 0.254 e. The maximum Gasteiger partial charge on any atom is 0.254 e. The molecule has 3 rings (SSSR count). The van der Waals surface area contributed by atoms with Gasteiger partial charge in [0.25, 0.3) is 5.91 Å². The Hall–Kier alpha value is -3.25. The quantitative estimate of drug-likeness (QED) is 0.271. The molecule has 0 aliphatic carbocycles. The molecule has 7 heteroatoms. The Labute approximate surface area is 225 Å². The molecular formula is C30H38ClN3O3. The van der Waals surface area contributed by atoms with E-state index in [1.165, 1.54) is 0 Å². The highest BCUT2D eigenvalue weighted by Crippen LogP contribution is 2.19. The monoisotopic (exact) mass is 523 g/mol. The van der Waals surface area contributed by atoms with E-state index in [4.69, 9.17) is 16.3 Å². The summed E-state index contributed by atoms with van der Waals surface area (Å²) in [5, 5.41) is 0.723. The number of halogens is 1. The first-order chi connectivity index (χ1) is 17.8. The van der Waals surface area contributed by atoms with Crippen molar-refractivity contribution in [1.82, 2.24) is 14.4 Å². The van der Waals surface area contributed by atoms with Crippen molar-refractivity contribution in [2.24, 2.45) is 5.92 Å². The summed E-state index contributed by atoms with van der Waals surface area (Å²) in [5.74, 6) is 0.779. The van der Waals surface area contributed by atoms with Crippen LogP contribution in [-0.4, -0.2) is 52.9 Å². The van der Waals surface area contributed by atoms with Crippen LogP contribution in [0.5, 0.6) is 5.75 Å². The fourth-order valence-electron chi connectivity index (χ4n) is 4.23. The van der Waals surface area contributed by atoms with Gasteiger partial charge in [-0.1, -0.05) is 57.0 Å². The van der Waals surface area contributed by atoms with Crippen LogP contribution in [0.4, 0.5) is 0 Å². The van der Waals surface area contributed by atoms with Crippen LogP contribution < -0.4 is 4.74 Å². The lowest BCUT2D eigenvalue weighted by Gasteiger charge is -2.29. The highest BCUT2D eigenvalue weighted by atomic mass is 35.5. The van der Waals surface area contributed by atoms with Crippen molar-refractivity contribution in [2.75, 3.05) is 26.7 Å². The fraction of sp³-hybridized carbons (Fsp3) is 0.400. The van der Waals surface area contributed by atoms with Gasteiger partial charge in [0.2, 0.25) is 5.91 Å². The molecule has 198 valence electrons. The molecular weight excluding hydrogens is 486 g/mol. The molecule has 3 aromatic rings. The van der Waals surface area contributed by atoms with Crippen LogP contribution in [0, 0.1) is 5.92 Å². The zero-order chi connectivity index (χ0) is 26.8. The SMILES string of the molecule is CCCCN(CC(=O)N(Cc1cccn1Cc1ccccc1Cl)CC(C)C)C(=O)c1ccc(OC)cc1. The van der Waals surface area contributed by atoms with E-state index in [-0.39, 0.29) is 24.3 Å². The van der Waals surface area contributed by atoms with E-state index in [9.17, 15) is 9.59 Å². The zero-order valence-electron chi connectivity index (χ0n) is 22.3. The van der Waals surface area contributed by atoms with E-state index in [0.29, 0.717) is 37.5 Å². The van der Waals surface area contributed by atoms with Crippen molar-refractivity contribution in [3.05, 3.63) is 88.7 Å². The molecule has 2 aromatic carbocycles. The van der Waals surface area contributed by atoms with Crippen molar-refractivity contribution >= 4 is 23.4 Å². The number of benzene rings is 2. The van der Waals surface area contributed by atoms with Gasteiger partial charge in [-0.2, -0.15) is 0 Å². The molecule has 0 bridgehead atoms. The third kappa shape index (κ3) is 8.12. The maximum absolute atomic E-state index is 13.6.